The number of anilines is 1. The standard InChI is InChI=1S/C10H7ClN2O2S/c11-8-4-3-7(16-8)10(15)13-9-6(14)2-1-5-12-9/h1-5,14H,(H,12,13,15). The second kappa shape index (κ2) is 4.51. The quantitative estimate of drug-likeness (QED) is 0.866. The van der Waals surface area contributed by atoms with E-state index in [9.17, 15) is 9.90 Å². The van der Waals surface area contributed by atoms with Gasteiger partial charge in [0.1, 0.15) is 0 Å². The van der Waals surface area contributed by atoms with Crippen LogP contribution in [0.2, 0.25) is 4.34 Å². The van der Waals surface area contributed by atoms with Crippen LogP contribution >= 0.6 is 22.9 Å². The second-order valence-corrected chi connectivity index (χ2v) is 4.64. The first-order valence-electron chi connectivity index (χ1n) is 4.37. The molecule has 0 aliphatic rings. The van der Waals surface area contributed by atoms with Gasteiger partial charge in [-0.2, -0.15) is 0 Å². The van der Waals surface area contributed by atoms with E-state index in [-0.39, 0.29) is 17.5 Å². The van der Waals surface area contributed by atoms with Crippen LogP contribution < -0.4 is 5.32 Å². The Balaban J connectivity index is 2.17. The molecular formula is C10H7ClN2O2S. The molecule has 1 amide bonds. The van der Waals surface area contributed by atoms with Crippen molar-refractivity contribution in [1.82, 2.24) is 4.98 Å². The molecule has 16 heavy (non-hydrogen) atoms. The molecule has 2 rings (SSSR count). The van der Waals surface area contributed by atoms with Crippen LogP contribution in [0, 0.1) is 0 Å². The highest BCUT2D eigenvalue weighted by atomic mass is 35.5. The Morgan fingerprint density at radius 3 is 2.88 bits per heavy atom. The minimum absolute atomic E-state index is 0.0708. The predicted octanol–water partition coefficient (Wildman–Crippen LogP) is 2.75. The molecule has 0 aliphatic heterocycles. The van der Waals surface area contributed by atoms with E-state index < -0.39 is 0 Å². The van der Waals surface area contributed by atoms with E-state index in [2.05, 4.69) is 10.3 Å². The van der Waals surface area contributed by atoms with Gasteiger partial charge in [-0.15, -0.1) is 11.3 Å². The zero-order chi connectivity index (χ0) is 11.5. The SMILES string of the molecule is O=C(Nc1ncccc1O)c1ccc(Cl)s1. The van der Waals surface area contributed by atoms with E-state index in [0.29, 0.717) is 9.21 Å². The minimum Gasteiger partial charge on any atom is -0.504 e. The number of aromatic nitrogens is 1. The molecule has 0 spiro atoms. The number of nitrogens with zero attached hydrogens (tertiary/aromatic N) is 1. The van der Waals surface area contributed by atoms with Gasteiger partial charge < -0.3 is 10.4 Å². The molecular weight excluding hydrogens is 248 g/mol. The molecule has 2 N–H and O–H groups in total. The Labute approximate surface area is 101 Å². The number of carbonyl (C=O) groups is 1. The van der Waals surface area contributed by atoms with Crippen molar-refractivity contribution in [2.75, 3.05) is 5.32 Å². The van der Waals surface area contributed by atoms with Gasteiger partial charge in [-0.3, -0.25) is 4.79 Å². The third-order valence-corrected chi connectivity index (χ3v) is 3.05. The van der Waals surface area contributed by atoms with Crippen LogP contribution in [0.3, 0.4) is 0 Å². The predicted molar refractivity (Wildman–Crippen MR) is 63.2 cm³/mol. The van der Waals surface area contributed by atoms with Crippen LogP contribution in [-0.2, 0) is 0 Å². The van der Waals surface area contributed by atoms with Crippen LogP contribution in [0.15, 0.2) is 30.5 Å². The molecule has 0 bridgehead atoms. The third kappa shape index (κ3) is 2.32. The van der Waals surface area contributed by atoms with Gasteiger partial charge in [0.2, 0.25) is 0 Å². The topological polar surface area (TPSA) is 62.2 Å². The number of hydrogen-bond acceptors (Lipinski definition) is 4. The summed E-state index contributed by atoms with van der Waals surface area (Å²) in [7, 11) is 0. The van der Waals surface area contributed by atoms with Crippen molar-refractivity contribution in [3.63, 3.8) is 0 Å². The third-order valence-electron chi connectivity index (χ3n) is 1.82. The lowest BCUT2D eigenvalue weighted by Gasteiger charge is -2.03. The Hall–Kier alpha value is -1.59. The van der Waals surface area contributed by atoms with Crippen molar-refractivity contribution >= 4 is 34.7 Å². The normalized spacial score (nSPS) is 10.1. The highest BCUT2D eigenvalue weighted by Gasteiger charge is 2.11. The highest BCUT2D eigenvalue weighted by molar-refractivity contribution is 7.18. The highest BCUT2D eigenvalue weighted by Crippen LogP contribution is 2.24. The number of thiophene rings is 1. The lowest BCUT2D eigenvalue weighted by atomic mass is 10.4. The number of carbonyl (C=O) groups excluding carboxylic acids is 1. The summed E-state index contributed by atoms with van der Waals surface area (Å²) in [6.07, 6.45) is 1.48. The summed E-state index contributed by atoms with van der Waals surface area (Å²) in [5, 5.41) is 11.9. The molecule has 0 unspecified atom stereocenters. The molecule has 0 saturated heterocycles. The number of nitrogens with one attached hydrogen (secondary N) is 1. The second-order valence-electron chi connectivity index (χ2n) is 2.93. The van der Waals surface area contributed by atoms with Gasteiger partial charge in [0, 0.05) is 6.20 Å². The first kappa shape index (κ1) is 10.9. The summed E-state index contributed by atoms with van der Waals surface area (Å²) in [4.78, 5) is 16.0. The van der Waals surface area contributed by atoms with Gasteiger partial charge in [0.15, 0.2) is 11.6 Å². The number of aromatic hydroxyl groups is 1. The lowest BCUT2D eigenvalue weighted by molar-refractivity contribution is 0.102. The zero-order valence-electron chi connectivity index (χ0n) is 7.98. The fourth-order valence-electron chi connectivity index (χ4n) is 1.10. The van der Waals surface area contributed by atoms with Gasteiger partial charge in [-0.05, 0) is 24.3 Å². The summed E-state index contributed by atoms with van der Waals surface area (Å²) < 4.78 is 0.537. The van der Waals surface area contributed by atoms with Crippen LogP contribution in [0.1, 0.15) is 9.67 Å². The molecule has 0 aromatic carbocycles. The molecule has 6 heteroatoms. The average molecular weight is 255 g/mol. The fraction of sp³-hybridized carbons (Fsp3) is 0. The Kier molecular flexibility index (Phi) is 3.07. The molecule has 2 heterocycles. The molecule has 0 aliphatic carbocycles. The van der Waals surface area contributed by atoms with Crippen LogP contribution in [0.4, 0.5) is 5.82 Å². The van der Waals surface area contributed by atoms with Crippen LogP contribution in [0.5, 0.6) is 5.75 Å². The van der Waals surface area contributed by atoms with Crippen molar-refractivity contribution in [3.8, 4) is 5.75 Å². The Morgan fingerprint density at radius 2 is 2.25 bits per heavy atom. The molecule has 4 nitrogen and oxygen atoms in total. The molecule has 0 atom stereocenters. The number of amides is 1. The van der Waals surface area contributed by atoms with Gasteiger partial charge >= 0.3 is 0 Å². The van der Waals surface area contributed by atoms with Crippen LogP contribution in [-0.4, -0.2) is 16.0 Å². The van der Waals surface area contributed by atoms with Gasteiger partial charge in [0.25, 0.3) is 5.91 Å². The summed E-state index contributed by atoms with van der Waals surface area (Å²) in [5.41, 5.74) is 0. The van der Waals surface area contributed by atoms with E-state index in [1.807, 2.05) is 0 Å². The maximum Gasteiger partial charge on any atom is 0.267 e. The summed E-state index contributed by atoms with van der Waals surface area (Å²) in [6.45, 7) is 0. The zero-order valence-corrected chi connectivity index (χ0v) is 9.55. The minimum atomic E-state index is -0.342. The molecule has 0 fully saturated rings. The first-order valence-corrected chi connectivity index (χ1v) is 5.57. The number of rotatable bonds is 2. The number of halogens is 1. The lowest BCUT2D eigenvalue weighted by Crippen LogP contribution is -2.11. The van der Waals surface area contributed by atoms with E-state index >= 15 is 0 Å². The van der Waals surface area contributed by atoms with E-state index in [0.717, 1.165) is 11.3 Å². The fourth-order valence-corrected chi connectivity index (χ4v) is 2.04. The largest absolute Gasteiger partial charge is 0.504 e. The smallest absolute Gasteiger partial charge is 0.267 e. The maximum atomic E-state index is 11.7. The summed E-state index contributed by atoms with van der Waals surface area (Å²) in [6, 6.07) is 6.28. The van der Waals surface area contributed by atoms with Crippen LogP contribution in [0.25, 0.3) is 0 Å². The number of pyridine rings is 1. The van der Waals surface area contributed by atoms with Gasteiger partial charge in [0.05, 0.1) is 9.21 Å². The van der Waals surface area contributed by atoms with Crippen molar-refractivity contribution in [3.05, 3.63) is 39.7 Å². The van der Waals surface area contributed by atoms with Gasteiger partial charge in [-0.1, -0.05) is 11.6 Å². The molecule has 2 aromatic heterocycles. The number of hydrogen-bond donors (Lipinski definition) is 2. The molecule has 2 aromatic rings. The van der Waals surface area contributed by atoms with Gasteiger partial charge in [-0.25, -0.2) is 4.98 Å². The summed E-state index contributed by atoms with van der Waals surface area (Å²) in [5.74, 6) is -0.276. The molecule has 0 saturated carbocycles. The van der Waals surface area contributed by atoms with E-state index in [1.165, 1.54) is 12.3 Å². The monoisotopic (exact) mass is 254 g/mol. The van der Waals surface area contributed by atoms with E-state index in [4.69, 9.17) is 11.6 Å². The van der Waals surface area contributed by atoms with Crippen molar-refractivity contribution < 1.29 is 9.90 Å². The average Bonchev–Trinajstić information content (AvgIpc) is 2.68. The first-order chi connectivity index (χ1) is 7.66. The molecule has 82 valence electrons. The molecule has 0 radical (unpaired) electrons. The maximum absolute atomic E-state index is 11.7. The summed E-state index contributed by atoms with van der Waals surface area (Å²) >= 11 is 6.88. The Morgan fingerprint density at radius 1 is 1.44 bits per heavy atom. The van der Waals surface area contributed by atoms with Crippen molar-refractivity contribution in [1.29, 1.82) is 0 Å². The van der Waals surface area contributed by atoms with E-state index in [1.54, 1.807) is 18.2 Å². The van der Waals surface area contributed by atoms with Crippen molar-refractivity contribution in [2.45, 2.75) is 0 Å². The van der Waals surface area contributed by atoms with Crippen molar-refractivity contribution in [2.24, 2.45) is 0 Å². The Bertz CT molecular complexity index is 527.